The first-order valence-corrected chi connectivity index (χ1v) is 8.12. The zero-order valence-electron chi connectivity index (χ0n) is 11.7. The van der Waals surface area contributed by atoms with E-state index in [1.165, 1.54) is 32.2 Å². The van der Waals surface area contributed by atoms with Gasteiger partial charge in [-0.05, 0) is 30.3 Å². The molecule has 0 radical (unpaired) electrons. The molecule has 5 aromatic rings. The lowest BCUT2D eigenvalue weighted by Gasteiger charge is -2.07. The maximum atomic E-state index is 4.47. The molecule has 22 heavy (non-hydrogen) atoms. The van der Waals surface area contributed by atoms with Crippen LogP contribution in [-0.4, -0.2) is 9.55 Å². The van der Waals surface area contributed by atoms with Gasteiger partial charge in [0.2, 0.25) is 0 Å². The summed E-state index contributed by atoms with van der Waals surface area (Å²) >= 11 is 1.72. The third-order valence-corrected chi connectivity index (χ3v) is 5.01. The van der Waals surface area contributed by atoms with Gasteiger partial charge in [0.15, 0.2) is 0 Å². The van der Waals surface area contributed by atoms with Crippen LogP contribution in [0.2, 0.25) is 0 Å². The second kappa shape index (κ2) is 4.42. The predicted octanol–water partition coefficient (Wildman–Crippen LogP) is 5.39. The Balaban J connectivity index is 2.08. The van der Waals surface area contributed by atoms with Crippen LogP contribution >= 0.6 is 11.3 Å². The molecule has 104 valence electrons. The minimum atomic E-state index is 1.08. The highest BCUT2D eigenvalue weighted by molar-refractivity contribution is 7.17. The van der Waals surface area contributed by atoms with E-state index >= 15 is 0 Å². The van der Waals surface area contributed by atoms with Crippen LogP contribution in [0.3, 0.4) is 0 Å². The minimum absolute atomic E-state index is 1.08. The van der Waals surface area contributed by atoms with Gasteiger partial charge in [0, 0.05) is 16.5 Å². The number of aromatic nitrogens is 2. The van der Waals surface area contributed by atoms with Gasteiger partial charge in [-0.15, -0.1) is 11.3 Å². The third kappa shape index (κ3) is 1.51. The van der Waals surface area contributed by atoms with E-state index in [9.17, 15) is 0 Å². The lowest BCUT2D eigenvalue weighted by molar-refractivity contribution is 1.18. The summed E-state index contributed by atoms with van der Waals surface area (Å²) in [6.45, 7) is 0. The minimum Gasteiger partial charge on any atom is -0.309 e. The molecule has 0 aliphatic rings. The summed E-state index contributed by atoms with van der Waals surface area (Å²) in [5, 5.41) is 2.59. The van der Waals surface area contributed by atoms with Crippen molar-refractivity contribution >= 4 is 43.4 Å². The maximum Gasteiger partial charge on any atom is 0.0819 e. The Kier molecular flexibility index (Phi) is 2.40. The third-order valence-electron chi connectivity index (χ3n) is 4.15. The average Bonchev–Trinajstić information content (AvgIpc) is 3.17. The fraction of sp³-hybridized carbons (Fsp3) is 0. The van der Waals surface area contributed by atoms with E-state index in [2.05, 4.69) is 76.3 Å². The van der Waals surface area contributed by atoms with Crippen molar-refractivity contribution in [3.8, 4) is 5.69 Å². The SMILES string of the molecule is c1ccc(-n2c3ccccc3c3c4scnc4ccc32)cc1. The number of benzene rings is 3. The molecule has 0 N–H and O–H groups in total. The molecule has 2 nitrogen and oxygen atoms in total. The van der Waals surface area contributed by atoms with Crippen LogP contribution in [0.25, 0.3) is 37.7 Å². The number of para-hydroxylation sites is 2. The Labute approximate surface area is 131 Å². The summed E-state index contributed by atoms with van der Waals surface area (Å²) in [7, 11) is 0. The van der Waals surface area contributed by atoms with E-state index in [-0.39, 0.29) is 0 Å². The molecule has 0 aliphatic heterocycles. The van der Waals surface area contributed by atoms with E-state index in [1.807, 2.05) is 5.51 Å². The number of hydrogen-bond acceptors (Lipinski definition) is 2. The molecule has 5 rings (SSSR count). The first-order chi connectivity index (χ1) is 10.9. The molecular formula is C19H12N2S. The number of rotatable bonds is 1. The average molecular weight is 300 g/mol. The van der Waals surface area contributed by atoms with Crippen molar-refractivity contribution in [1.29, 1.82) is 0 Å². The van der Waals surface area contributed by atoms with E-state index in [4.69, 9.17) is 0 Å². The molecule has 0 fully saturated rings. The molecule has 3 heteroatoms. The molecule has 0 saturated heterocycles. The second-order valence-electron chi connectivity index (χ2n) is 5.35. The molecule has 2 aromatic heterocycles. The number of fused-ring (bicyclic) bond motifs is 5. The second-order valence-corrected chi connectivity index (χ2v) is 6.20. The smallest absolute Gasteiger partial charge is 0.0819 e. The molecule has 0 saturated carbocycles. The fourth-order valence-corrected chi connectivity index (χ4v) is 4.08. The van der Waals surface area contributed by atoms with Crippen LogP contribution < -0.4 is 0 Å². The van der Waals surface area contributed by atoms with Crippen molar-refractivity contribution in [3.63, 3.8) is 0 Å². The molecule has 0 atom stereocenters. The van der Waals surface area contributed by atoms with Crippen LogP contribution in [0.4, 0.5) is 0 Å². The number of thiazole rings is 1. The normalized spacial score (nSPS) is 11.6. The Morgan fingerprint density at radius 2 is 1.59 bits per heavy atom. The van der Waals surface area contributed by atoms with E-state index in [0.29, 0.717) is 0 Å². The highest BCUT2D eigenvalue weighted by Gasteiger charge is 2.14. The largest absolute Gasteiger partial charge is 0.309 e. The van der Waals surface area contributed by atoms with Gasteiger partial charge in [0.25, 0.3) is 0 Å². The summed E-state index contributed by atoms with van der Waals surface area (Å²) in [6, 6.07) is 23.4. The molecule has 0 bridgehead atoms. The first kappa shape index (κ1) is 12.0. The van der Waals surface area contributed by atoms with Gasteiger partial charge in [-0.25, -0.2) is 4.98 Å². The summed E-state index contributed by atoms with van der Waals surface area (Å²) in [6.07, 6.45) is 0. The van der Waals surface area contributed by atoms with Gasteiger partial charge in [-0.1, -0.05) is 36.4 Å². The van der Waals surface area contributed by atoms with Gasteiger partial charge in [0.1, 0.15) is 0 Å². The monoisotopic (exact) mass is 300 g/mol. The van der Waals surface area contributed by atoms with Crippen molar-refractivity contribution < 1.29 is 0 Å². The molecule has 2 heterocycles. The van der Waals surface area contributed by atoms with Gasteiger partial charge in [-0.2, -0.15) is 0 Å². The molecule has 3 aromatic carbocycles. The zero-order chi connectivity index (χ0) is 14.5. The quantitative estimate of drug-likeness (QED) is 0.405. The standard InChI is InChI=1S/C19H12N2S/c1-2-6-13(7-3-1)21-16-9-5-4-8-14(16)18-17(21)11-10-15-19(18)22-12-20-15/h1-12H. The lowest BCUT2D eigenvalue weighted by atomic mass is 10.1. The van der Waals surface area contributed by atoms with Crippen molar-refractivity contribution in [2.24, 2.45) is 0 Å². The first-order valence-electron chi connectivity index (χ1n) is 7.24. The van der Waals surface area contributed by atoms with Crippen molar-refractivity contribution in [2.45, 2.75) is 0 Å². The van der Waals surface area contributed by atoms with Crippen LogP contribution in [0.1, 0.15) is 0 Å². The van der Waals surface area contributed by atoms with Crippen molar-refractivity contribution in [3.05, 3.63) is 72.2 Å². The fourth-order valence-electron chi connectivity index (χ4n) is 3.23. The van der Waals surface area contributed by atoms with Crippen LogP contribution in [-0.2, 0) is 0 Å². The Hall–Kier alpha value is -2.65. The van der Waals surface area contributed by atoms with E-state index < -0.39 is 0 Å². The molecule has 0 unspecified atom stereocenters. The lowest BCUT2D eigenvalue weighted by Crippen LogP contribution is -1.92. The Morgan fingerprint density at radius 3 is 2.50 bits per heavy atom. The highest BCUT2D eigenvalue weighted by atomic mass is 32.1. The Bertz CT molecular complexity index is 1120. The molecule has 0 spiro atoms. The van der Waals surface area contributed by atoms with Gasteiger partial charge in [0.05, 0.1) is 26.8 Å². The summed E-state index contributed by atoms with van der Waals surface area (Å²) in [5.41, 5.74) is 6.68. The summed E-state index contributed by atoms with van der Waals surface area (Å²) in [5.74, 6) is 0. The topological polar surface area (TPSA) is 17.8 Å². The maximum absolute atomic E-state index is 4.47. The summed E-state index contributed by atoms with van der Waals surface area (Å²) in [4.78, 5) is 4.47. The number of nitrogens with zero attached hydrogens (tertiary/aromatic N) is 2. The van der Waals surface area contributed by atoms with Crippen LogP contribution in [0.15, 0.2) is 72.2 Å². The van der Waals surface area contributed by atoms with Crippen molar-refractivity contribution in [1.82, 2.24) is 9.55 Å². The predicted molar refractivity (Wildman–Crippen MR) is 94.0 cm³/mol. The van der Waals surface area contributed by atoms with Crippen LogP contribution in [0, 0.1) is 0 Å². The van der Waals surface area contributed by atoms with Gasteiger partial charge >= 0.3 is 0 Å². The summed E-state index contributed by atoms with van der Waals surface area (Å²) < 4.78 is 3.60. The van der Waals surface area contributed by atoms with Gasteiger partial charge in [-0.3, -0.25) is 0 Å². The Morgan fingerprint density at radius 1 is 0.773 bits per heavy atom. The zero-order valence-corrected chi connectivity index (χ0v) is 12.5. The van der Waals surface area contributed by atoms with Crippen LogP contribution in [0.5, 0.6) is 0 Å². The molecular weight excluding hydrogens is 288 g/mol. The van der Waals surface area contributed by atoms with E-state index in [0.717, 1.165) is 5.52 Å². The highest BCUT2D eigenvalue weighted by Crippen LogP contribution is 2.37. The number of hydrogen-bond donors (Lipinski definition) is 0. The molecule has 0 aliphatic carbocycles. The van der Waals surface area contributed by atoms with E-state index in [1.54, 1.807) is 11.3 Å². The molecule has 0 amide bonds. The van der Waals surface area contributed by atoms with Crippen molar-refractivity contribution in [2.75, 3.05) is 0 Å². The van der Waals surface area contributed by atoms with Gasteiger partial charge < -0.3 is 4.57 Å².